The predicted octanol–water partition coefficient (Wildman–Crippen LogP) is 3.12. The number of carbonyl (C=O) groups is 1. The van der Waals surface area contributed by atoms with Gasteiger partial charge in [0.15, 0.2) is 0 Å². The van der Waals surface area contributed by atoms with Gasteiger partial charge in [-0.1, -0.05) is 24.3 Å². The molecular formula is C21H21F3N4O3S. The van der Waals surface area contributed by atoms with Crippen LogP contribution in [0.15, 0.2) is 29.1 Å². The van der Waals surface area contributed by atoms with Gasteiger partial charge in [0.1, 0.15) is 10.7 Å². The largest absolute Gasteiger partial charge is 0.490 e. The standard InChI is InChI=1S/C19H20N4OS.C2HF3O2/c20-14-9-23(8-11-4-1-2-5-12(11)14)10-16-21-18(24)17-13-6-3-7-15(13)25-19(17)22-16;3-2(4,5)1(6)7/h1-2,4-5,14H,3,6-10,20H2,(H,21,22,24);(H,6,7). The summed E-state index contributed by atoms with van der Waals surface area (Å²) in [7, 11) is 0. The van der Waals surface area contributed by atoms with Crippen molar-refractivity contribution < 1.29 is 23.1 Å². The number of halogens is 3. The first-order valence-corrected chi connectivity index (χ1v) is 10.8. The minimum atomic E-state index is -5.08. The number of aromatic nitrogens is 2. The Morgan fingerprint density at radius 1 is 1.31 bits per heavy atom. The van der Waals surface area contributed by atoms with Crippen molar-refractivity contribution in [3.05, 3.63) is 62.0 Å². The maximum absolute atomic E-state index is 12.6. The number of H-pyrrole nitrogens is 1. The number of hydrogen-bond donors (Lipinski definition) is 3. The second kappa shape index (κ2) is 8.64. The number of aromatic amines is 1. The summed E-state index contributed by atoms with van der Waals surface area (Å²) < 4.78 is 31.7. The number of alkyl halides is 3. The van der Waals surface area contributed by atoms with E-state index in [1.807, 2.05) is 6.07 Å². The van der Waals surface area contributed by atoms with Crippen LogP contribution in [-0.2, 0) is 30.7 Å². The van der Waals surface area contributed by atoms with Gasteiger partial charge in [0.2, 0.25) is 0 Å². The van der Waals surface area contributed by atoms with Crippen molar-refractivity contribution in [1.82, 2.24) is 14.9 Å². The molecule has 1 aromatic carbocycles. The molecule has 0 saturated heterocycles. The molecule has 0 spiro atoms. The molecule has 3 aromatic rings. The van der Waals surface area contributed by atoms with Crippen molar-refractivity contribution in [3.8, 4) is 0 Å². The Labute approximate surface area is 184 Å². The average molecular weight is 466 g/mol. The molecule has 11 heteroatoms. The number of fused-ring (bicyclic) bond motifs is 4. The van der Waals surface area contributed by atoms with E-state index < -0.39 is 12.1 Å². The Hall–Kier alpha value is -2.76. The topological polar surface area (TPSA) is 112 Å². The van der Waals surface area contributed by atoms with Crippen LogP contribution in [0.1, 0.15) is 39.9 Å². The van der Waals surface area contributed by atoms with Gasteiger partial charge in [-0.05, 0) is 36.0 Å². The zero-order chi connectivity index (χ0) is 23.0. The van der Waals surface area contributed by atoms with Gasteiger partial charge in [-0.15, -0.1) is 11.3 Å². The Morgan fingerprint density at radius 2 is 2.03 bits per heavy atom. The summed E-state index contributed by atoms with van der Waals surface area (Å²) >= 11 is 1.69. The zero-order valence-corrected chi connectivity index (χ0v) is 17.7. The molecule has 0 bridgehead atoms. The van der Waals surface area contributed by atoms with Crippen molar-refractivity contribution in [1.29, 1.82) is 0 Å². The fourth-order valence-electron chi connectivity index (χ4n) is 4.18. The Balaban J connectivity index is 0.000000307. The number of thiophene rings is 1. The summed E-state index contributed by atoms with van der Waals surface area (Å²) in [4.78, 5) is 33.8. The molecule has 0 radical (unpaired) electrons. The van der Waals surface area contributed by atoms with E-state index in [2.05, 4.69) is 28.1 Å². The van der Waals surface area contributed by atoms with Crippen molar-refractivity contribution in [3.63, 3.8) is 0 Å². The van der Waals surface area contributed by atoms with E-state index in [-0.39, 0.29) is 11.6 Å². The number of aryl methyl sites for hydroxylation is 2. The summed E-state index contributed by atoms with van der Waals surface area (Å²) in [6, 6.07) is 8.33. The number of benzene rings is 1. The lowest BCUT2D eigenvalue weighted by Crippen LogP contribution is -2.37. The van der Waals surface area contributed by atoms with E-state index in [0.29, 0.717) is 6.54 Å². The molecule has 32 heavy (non-hydrogen) atoms. The summed E-state index contributed by atoms with van der Waals surface area (Å²) in [5.41, 5.74) is 10.1. The van der Waals surface area contributed by atoms with Crippen LogP contribution < -0.4 is 11.3 Å². The Kier molecular flexibility index (Phi) is 6.06. The van der Waals surface area contributed by atoms with Gasteiger partial charge in [0, 0.05) is 24.0 Å². The van der Waals surface area contributed by atoms with Crippen molar-refractivity contribution >= 4 is 27.5 Å². The highest BCUT2D eigenvalue weighted by Crippen LogP contribution is 2.34. The minimum absolute atomic E-state index is 0.00550. The second-order valence-corrected chi connectivity index (χ2v) is 8.91. The third-order valence-corrected chi connectivity index (χ3v) is 6.73. The lowest BCUT2D eigenvalue weighted by Gasteiger charge is -2.32. The molecule has 7 nitrogen and oxygen atoms in total. The maximum Gasteiger partial charge on any atom is 0.490 e. The van der Waals surface area contributed by atoms with Crippen LogP contribution >= 0.6 is 11.3 Å². The molecule has 4 N–H and O–H groups in total. The molecule has 1 aliphatic heterocycles. The van der Waals surface area contributed by atoms with E-state index in [0.717, 1.165) is 48.4 Å². The molecule has 2 aliphatic rings. The van der Waals surface area contributed by atoms with Gasteiger partial charge in [-0.2, -0.15) is 13.2 Å². The summed E-state index contributed by atoms with van der Waals surface area (Å²) in [6.07, 6.45) is -1.83. The van der Waals surface area contributed by atoms with Gasteiger partial charge in [-0.25, -0.2) is 9.78 Å². The van der Waals surface area contributed by atoms with Crippen molar-refractivity contribution in [2.45, 2.75) is 44.6 Å². The highest BCUT2D eigenvalue weighted by Gasteiger charge is 2.38. The number of rotatable bonds is 2. The van der Waals surface area contributed by atoms with Gasteiger partial charge >= 0.3 is 12.1 Å². The first-order valence-electron chi connectivity index (χ1n) is 10.0. The normalized spacial score (nSPS) is 18.1. The van der Waals surface area contributed by atoms with Crippen LogP contribution in [0.4, 0.5) is 13.2 Å². The average Bonchev–Trinajstić information content (AvgIpc) is 3.28. The van der Waals surface area contributed by atoms with Crippen LogP contribution in [-0.4, -0.2) is 38.7 Å². The molecule has 0 saturated carbocycles. The molecule has 2 aromatic heterocycles. The number of carboxylic acid groups (broad SMARTS) is 1. The van der Waals surface area contributed by atoms with Gasteiger partial charge in [0.05, 0.1) is 11.9 Å². The number of aliphatic carboxylic acids is 1. The van der Waals surface area contributed by atoms with Crippen LogP contribution in [0.3, 0.4) is 0 Å². The SMILES string of the molecule is NC1CN(Cc2nc3sc4c(c3c(=O)[nH]2)CCC4)Cc2ccccc21.O=C(O)C(F)(F)F. The lowest BCUT2D eigenvalue weighted by atomic mass is 9.96. The van der Waals surface area contributed by atoms with Gasteiger partial charge in [0.25, 0.3) is 5.56 Å². The lowest BCUT2D eigenvalue weighted by molar-refractivity contribution is -0.192. The van der Waals surface area contributed by atoms with E-state index in [9.17, 15) is 18.0 Å². The fourth-order valence-corrected chi connectivity index (χ4v) is 5.46. The molecule has 1 atom stereocenters. The van der Waals surface area contributed by atoms with Crippen LogP contribution in [0.25, 0.3) is 10.2 Å². The second-order valence-electron chi connectivity index (χ2n) is 7.83. The number of nitrogens with one attached hydrogen (secondary N) is 1. The first-order chi connectivity index (χ1) is 15.1. The quantitative estimate of drug-likeness (QED) is 0.535. The molecule has 1 unspecified atom stereocenters. The summed E-state index contributed by atoms with van der Waals surface area (Å²) in [5, 5.41) is 7.95. The van der Waals surface area contributed by atoms with Crippen molar-refractivity contribution in [2.75, 3.05) is 6.54 Å². The monoisotopic (exact) mass is 466 g/mol. The Bertz CT molecular complexity index is 1220. The van der Waals surface area contributed by atoms with Gasteiger partial charge in [-0.3, -0.25) is 9.69 Å². The highest BCUT2D eigenvalue weighted by molar-refractivity contribution is 7.18. The maximum atomic E-state index is 12.6. The van der Waals surface area contributed by atoms with E-state index in [1.54, 1.807) is 11.3 Å². The molecular weight excluding hydrogens is 445 g/mol. The number of carboxylic acids is 1. The van der Waals surface area contributed by atoms with Crippen LogP contribution in [0.2, 0.25) is 0 Å². The Morgan fingerprint density at radius 3 is 2.75 bits per heavy atom. The van der Waals surface area contributed by atoms with E-state index >= 15 is 0 Å². The number of nitrogens with two attached hydrogens (primary N) is 1. The zero-order valence-electron chi connectivity index (χ0n) is 16.9. The van der Waals surface area contributed by atoms with Crippen molar-refractivity contribution in [2.24, 2.45) is 5.73 Å². The molecule has 170 valence electrons. The predicted molar refractivity (Wildman–Crippen MR) is 113 cm³/mol. The third-order valence-electron chi connectivity index (χ3n) is 5.54. The smallest absolute Gasteiger partial charge is 0.475 e. The summed E-state index contributed by atoms with van der Waals surface area (Å²) in [5.74, 6) is -2.02. The molecule has 1 aliphatic carbocycles. The number of nitrogens with zero attached hydrogens (tertiary/aromatic N) is 2. The third kappa shape index (κ3) is 4.54. The van der Waals surface area contributed by atoms with Crippen LogP contribution in [0.5, 0.6) is 0 Å². The molecule has 5 rings (SSSR count). The number of hydrogen-bond acceptors (Lipinski definition) is 6. The van der Waals surface area contributed by atoms with Crippen LogP contribution in [0, 0.1) is 0 Å². The van der Waals surface area contributed by atoms with E-state index in [1.165, 1.54) is 21.6 Å². The van der Waals surface area contributed by atoms with Gasteiger partial charge < -0.3 is 15.8 Å². The molecule has 0 amide bonds. The highest BCUT2D eigenvalue weighted by atomic mass is 32.1. The molecule has 0 fully saturated rings. The fraction of sp³-hybridized carbons (Fsp3) is 0.381. The first kappa shape index (κ1) is 22.4. The molecule has 3 heterocycles. The summed E-state index contributed by atoms with van der Waals surface area (Å²) in [6.45, 7) is 2.24. The minimum Gasteiger partial charge on any atom is -0.475 e. The van der Waals surface area contributed by atoms with E-state index in [4.69, 9.17) is 20.6 Å².